The Labute approximate surface area is 177 Å². The van der Waals surface area contributed by atoms with Crippen molar-refractivity contribution in [2.75, 3.05) is 0 Å². The fourth-order valence-electron chi connectivity index (χ4n) is 4.48. The first-order chi connectivity index (χ1) is 15.0. The van der Waals surface area contributed by atoms with Crippen LogP contribution in [0.25, 0.3) is 0 Å². The van der Waals surface area contributed by atoms with E-state index in [1.165, 1.54) is 16.8 Å². The molecule has 0 amide bonds. The molecule has 2 aliphatic rings. The summed E-state index contributed by atoms with van der Waals surface area (Å²) in [4.78, 5) is 13.0. The minimum absolute atomic E-state index is 0.0288. The molecular weight excluding hydrogens is 402 g/mol. The van der Waals surface area contributed by atoms with Gasteiger partial charge in [0.2, 0.25) is 0 Å². The van der Waals surface area contributed by atoms with Gasteiger partial charge in [0, 0.05) is 25.3 Å². The third-order valence-corrected chi connectivity index (χ3v) is 6.03. The lowest BCUT2D eigenvalue weighted by atomic mass is 9.89. The molecule has 1 aromatic heterocycles. The molecule has 1 aliphatic heterocycles. The Morgan fingerprint density at radius 1 is 1.16 bits per heavy atom. The van der Waals surface area contributed by atoms with Gasteiger partial charge in [0.1, 0.15) is 29.3 Å². The van der Waals surface area contributed by atoms with Crippen LogP contribution < -0.4 is 10.4 Å². The van der Waals surface area contributed by atoms with Crippen LogP contribution in [0.3, 0.4) is 0 Å². The number of benzene rings is 2. The summed E-state index contributed by atoms with van der Waals surface area (Å²) >= 11 is 0. The van der Waals surface area contributed by atoms with Gasteiger partial charge in [0.05, 0.1) is 24.6 Å². The lowest BCUT2D eigenvalue weighted by Crippen LogP contribution is -2.41. The number of halogens is 2. The van der Waals surface area contributed by atoms with Crippen LogP contribution in [0, 0.1) is 23.0 Å². The molecule has 3 aromatic rings. The van der Waals surface area contributed by atoms with Crippen molar-refractivity contribution in [2.45, 2.75) is 50.3 Å². The van der Waals surface area contributed by atoms with E-state index in [0.29, 0.717) is 49.2 Å². The van der Waals surface area contributed by atoms with E-state index in [9.17, 15) is 13.6 Å². The summed E-state index contributed by atoms with van der Waals surface area (Å²) in [5, 5.41) is 13.3. The fourth-order valence-corrected chi connectivity index (χ4v) is 4.48. The molecule has 0 unspecified atom stereocenters. The highest BCUT2D eigenvalue weighted by atomic mass is 19.1. The molecule has 0 spiro atoms. The number of hydrogen-bond acceptors (Lipinski definition) is 4. The first-order valence-corrected chi connectivity index (χ1v) is 10.3. The van der Waals surface area contributed by atoms with Gasteiger partial charge in [-0.15, -0.1) is 0 Å². The van der Waals surface area contributed by atoms with Crippen molar-refractivity contribution < 1.29 is 13.5 Å². The van der Waals surface area contributed by atoms with Crippen molar-refractivity contribution in [1.29, 1.82) is 5.26 Å². The quantitative estimate of drug-likeness (QED) is 0.628. The molecule has 31 heavy (non-hydrogen) atoms. The van der Waals surface area contributed by atoms with Crippen LogP contribution in [0.2, 0.25) is 0 Å². The van der Waals surface area contributed by atoms with Crippen molar-refractivity contribution in [3.63, 3.8) is 0 Å². The third-order valence-electron chi connectivity index (χ3n) is 6.03. The summed E-state index contributed by atoms with van der Waals surface area (Å²) in [7, 11) is 0. The van der Waals surface area contributed by atoms with Gasteiger partial charge in [-0.05, 0) is 41.8 Å². The average molecular weight is 422 g/mol. The van der Waals surface area contributed by atoms with E-state index in [0.717, 1.165) is 11.6 Å². The number of ether oxygens (including phenoxy) is 1. The Morgan fingerprint density at radius 3 is 2.68 bits per heavy atom. The summed E-state index contributed by atoms with van der Waals surface area (Å²) in [6, 6.07) is 12.5. The maximum Gasteiger partial charge on any atom is 0.346 e. The normalized spacial score (nSPS) is 21.9. The van der Waals surface area contributed by atoms with E-state index in [-0.39, 0.29) is 17.8 Å². The number of fused-ring (bicyclic) bond motifs is 1. The Morgan fingerprint density at radius 2 is 1.94 bits per heavy atom. The highest BCUT2D eigenvalue weighted by Crippen LogP contribution is 2.36. The highest BCUT2D eigenvalue weighted by molar-refractivity contribution is 5.30. The van der Waals surface area contributed by atoms with Crippen molar-refractivity contribution in [3.05, 3.63) is 81.5 Å². The van der Waals surface area contributed by atoms with Gasteiger partial charge < -0.3 is 4.74 Å². The molecule has 2 aromatic carbocycles. The largest absolute Gasteiger partial charge is 0.490 e. The van der Waals surface area contributed by atoms with Crippen LogP contribution >= 0.6 is 0 Å². The van der Waals surface area contributed by atoms with Crippen molar-refractivity contribution in [1.82, 2.24) is 14.3 Å². The van der Waals surface area contributed by atoms with Gasteiger partial charge >= 0.3 is 5.69 Å². The van der Waals surface area contributed by atoms with Gasteiger partial charge in [-0.25, -0.2) is 18.3 Å². The van der Waals surface area contributed by atoms with Crippen LogP contribution in [0.4, 0.5) is 8.78 Å². The zero-order chi connectivity index (χ0) is 21.5. The van der Waals surface area contributed by atoms with Crippen LogP contribution in [0.15, 0.2) is 47.3 Å². The number of aromatic nitrogens is 3. The first-order valence-electron chi connectivity index (χ1n) is 10.3. The summed E-state index contributed by atoms with van der Waals surface area (Å²) in [6.07, 6.45) is 2.78. The molecule has 0 bridgehead atoms. The van der Waals surface area contributed by atoms with Crippen LogP contribution in [-0.2, 0) is 12.8 Å². The number of nitrogens with zero attached hydrogens (tertiary/aromatic N) is 4. The minimum Gasteiger partial charge on any atom is -0.490 e. The average Bonchev–Trinajstić information content (AvgIpc) is 3.25. The number of hydrogen-bond donors (Lipinski definition) is 0. The molecule has 158 valence electrons. The molecule has 1 fully saturated rings. The van der Waals surface area contributed by atoms with E-state index in [1.54, 1.807) is 4.57 Å². The molecule has 0 radical (unpaired) electrons. The zero-order valence-electron chi connectivity index (χ0n) is 16.7. The van der Waals surface area contributed by atoms with Crippen molar-refractivity contribution in [2.24, 2.45) is 0 Å². The van der Waals surface area contributed by atoms with E-state index in [2.05, 4.69) is 11.2 Å². The predicted octanol–water partition coefficient (Wildman–Crippen LogP) is 3.71. The summed E-state index contributed by atoms with van der Waals surface area (Å²) in [6.45, 7) is 0. The maximum absolute atomic E-state index is 13.7. The van der Waals surface area contributed by atoms with E-state index in [1.807, 2.05) is 24.3 Å². The van der Waals surface area contributed by atoms with E-state index in [4.69, 9.17) is 10.00 Å². The molecule has 0 saturated heterocycles. The third kappa shape index (κ3) is 3.61. The standard InChI is InChI=1S/C23H20F2N4O2/c24-16-9-15(10-17(25)11-16)21-4-5-22-27-29(23(30)28(21)22)18-12-20(13-18)31-19-3-1-2-14(8-19)6-7-26/h1-3,8-11,18,20-21H,4-6,12-13H2/t18?,20?,21-/m0/s1. The van der Waals surface area contributed by atoms with E-state index < -0.39 is 17.7 Å². The number of rotatable bonds is 5. The van der Waals surface area contributed by atoms with Gasteiger partial charge in [0.25, 0.3) is 0 Å². The summed E-state index contributed by atoms with van der Waals surface area (Å²) in [5.41, 5.74) is 1.10. The molecular formula is C23H20F2N4O2. The van der Waals surface area contributed by atoms with Crippen LogP contribution in [0.1, 0.15) is 48.3 Å². The molecule has 1 saturated carbocycles. The Bertz CT molecular complexity index is 1220. The number of aryl methyl sites for hydroxylation is 1. The van der Waals surface area contributed by atoms with Crippen molar-refractivity contribution >= 4 is 0 Å². The Balaban J connectivity index is 1.30. The first kappa shape index (κ1) is 19.5. The van der Waals surface area contributed by atoms with Gasteiger partial charge in [0.15, 0.2) is 0 Å². The second-order valence-electron chi connectivity index (χ2n) is 8.12. The zero-order valence-corrected chi connectivity index (χ0v) is 16.7. The highest BCUT2D eigenvalue weighted by Gasteiger charge is 2.37. The Hall–Kier alpha value is -3.47. The molecule has 5 rings (SSSR count). The SMILES string of the molecule is N#CCc1cccc(OC2CC(n3nc4n(c3=O)[C@H](c3cc(F)cc(F)c3)CC4)C2)c1. The van der Waals surface area contributed by atoms with Gasteiger partial charge in [-0.3, -0.25) is 4.57 Å². The van der Waals surface area contributed by atoms with Gasteiger partial charge in [-0.2, -0.15) is 10.4 Å². The summed E-state index contributed by atoms with van der Waals surface area (Å²) < 4.78 is 36.4. The lowest BCUT2D eigenvalue weighted by molar-refractivity contribution is 0.0623. The minimum atomic E-state index is -0.651. The predicted molar refractivity (Wildman–Crippen MR) is 108 cm³/mol. The van der Waals surface area contributed by atoms with Crippen LogP contribution in [0.5, 0.6) is 5.75 Å². The smallest absolute Gasteiger partial charge is 0.346 e. The second kappa shape index (κ2) is 7.65. The van der Waals surface area contributed by atoms with Crippen LogP contribution in [-0.4, -0.2) is 20.5 Å². The summed E-state index contributed by atoms with van der Waals surface area (Å²) in [5.74, 6) is 0.0562. The molecule has 6 nitrogen and oxygen atoms in total. The van der Waals surface area contributed by atoms with Gasteiger partial charge in [-0.1, -0.05) is 12.1 Å². The van der Waals surface area contributed by atoms with Crippen molar-refractivity contribution in [3.8, 4) is 11.8 Å². The van der Waals surface area contributed by atoms with E-state index >= 15 is 0 Å². The topological polar surface area (TPSA) is 72.8 Å². The molecule has 1 atom stereocenters. The monoisotopic (exact) mass is 422 g/mol. The Kier molecular flexibility index (Phi) is 4.81. The molecule has 8 heteroatoms. The maximum atomic E-state index is 13.7. The lowest BCUT2D eigenvalue weighted by Gasteiger charge is -2.34. The number of nitriles is 1. The fraction of sp³-hybridized carbons (Fsp3) is 0.348. The molecule has 2 heterocycles. The molecule has 1 aliphatic carbocycles. The molecule has 0 N–H and O–H groups in total. The second-order valence-corrected chi connectivity index (χ2v) is 8.12.